The molecular weight excluding hydrogens is 315 g/mol. The second kappa shape index (κ2) is 6.33. The Morgan fingerprint density at radius 1 is 1.29 bits per heavy atom. The number of aromatic amines is 1. The largest absolute Gasteiger partial charge is 0.331 e. The quantitative estimate of drug-likeness (QED) is 0.914. The smallest absolute Gasteiger partial charge is 0.306 e. The lowest BCUT2D eigenvalue weighted by molar-refractivity contribution is 0.356. The van der Waals surface area contributed by atoms with E-state index in [1.54, 1.807) is 0 Å². The summed E-state index contributed by atoms with van der Waals surface area (Å²) in [6, 6.07) is 0. The minimum atomic E-state index is -1.51. The highest BCUT2D eigenvalue weighted by Gasteiger charge is 2.20. The van der Waals surface area contributed by atoms with Crippen LogP contribution in [0.2, 0.25) is 0 Å². The molecule has 0 spiro atoms. The van der Waals surface area contributed by atoms with Crippen molar-refractivity contribution >= 4 is 11.0 Å². The Morgan fingerprint density at radius 2 is 1.96 bits per heavy atom. The van der Waals surface area contributed by atoms with Gasteiger partial charge in [0, 0.05) is 13.6 Å². The molecule has 0 aromatic carbocycles. The third-order valence-electron chi connectivity index (χ3n) is 4.82. The summed E-state index contributed by atoms with van der Waals surface area (Å²) in [5, 5.41) is 0. The molecule has 1 aliphatic rings. The van der Waals surface area contributed by atoms with E-state index in [-0.39, 0.29) is 16.9 Å². The Kier molecular flexibility index (Phi) is 4.38. The van der Waals surface area contributed by atoms with Gasteiger partial charge in [0.1, 0.15) is 11.3 Å². The SMILES string of the molecule is CC(F)c1nc2c(=O)n(C)c(=O)n(CCC3CCCC3)c2c(=O)[nH]1. The molecule has 1 fully saturated rings. The van der Waals surface area contributed by atoms with E-state index in [2.05, 4.69) is 9.97 Å². The molecule has 0 bridgehead atoms. The van der Waals surface area contributed by atoms with E-state index in [1.165, 1.54) is 31.4 Å². The summed E-state index contributed by atoms with van der Waals surface area (Å²) in [5.41, 5.74) is -2.10. The highest BCUT2D eigenvalue weighted by molar-refractivity contribution is 5.72. The van der Waals surface area contributed by atoms with Gasteiger partial charge in [-0.1, -0.05) is 25.7 Å². The molecule has 0 aliphatic heterocycles. The van der Waals surface area contributed by atoms with Crippen LogP contribution in [0.4, 0.5) is 4.39 Å². The fourth-order valence-electron chi connectivity index (χ4n) is 3.41. The van der Waals surface area contributed by atoms with Crippen LogP contribution in [0.1, 0.15) is 51.0 Å². The Bertz CT molecular complexity index is 935. The molecule has 130 valence electrons. The number of hydrogen-bond donors (Lipinski definition) is 1. The van der Waals surface area contributed by atoms with Crippen molar-refractivity contribution in [2.75, 3.05) is 0 Å². The molecular formula is C16H21FN4O3. The lowest BCUT2D eigenvalue weighted by Crippen LogP contribution is -2.41. The zero-order valence-electron chi connectivity index (χ0n) is 13.8. The van der Waals surface area contributed by atoms with E-state index in [0.29, 0.717) is 12.5 Å². The lowest BCUT2D eigenvalue weighted by atomic mass is 10.0. The van der Waals surface area contributed by atoms with Crippen molar-refractivity contribution in [3.63, 3.8) is 0 Å². The summed E-state index contributed by atoms with van der Waals surface area (Å²) < 4.78 is 15.7. The van der Waals surface area contributed by atoms with Crippen LogP contribution in [0, 0.1) is 5.92 Å². The Labute approximate surface area is 137 Å². The molecule has 1 atom stereocenters. The number of nitrogens with zero attached hydrogens (tertiary/aromatic N) is 3. The van der Waals surface area contributed by atoms with Gasteiger partial charge < -0.3 is 4.98 Å². The maximum Gasteiger partial charge on any atom is 0.331 e. The molecule has 1 aliphatic carbocycles. The first-order chi connectivity index (χ1) is 11.4. The van der Waals surface area contributed by atoms with Crippen molar-refractivity contribution in [2.24, 2.45) is 13.0 Å². The Balaban J connectivity index is 2.18. The van der Waals surface area contributed by atoms with Gasteiger partial charge in [0.05, 0.1) is 0 Å². The average Bonchev–Trinajstić information content (AvgIpc) is 3.06. The summed E-state index contributed by atoms with van der Waals surface area (Å²) in [5.74, 6) is 0.326. The molecule has 0 amide bonds. The molecule has 2 heterocycles. The van der Waals surface area contributed by atoms with Gasteiger partial charge in [-0.2, -0.15) is 0 Å². The molecule has 1 saturated carbocycles. The van der Waals surface area contributed by atoms with Gasteiger partial charge in [-0.3, -0.25) is 18.7 Å². The molecule has 2 aromatic heterocycles. The zero-order valence-corrected chi connectivity index (χ0v) is 13.8. The molecule has 3 rings (SSSR count). The maximum absolute atomic E-state index is 13.5. The minimum absolute atomic E-state index is 0.0644. The predicted molar refractivity (Wildman–Crippen MR) is 88.0 cm³/mol. The topological polar surface area (TPSA) is 89.8 Å². The Morgan fingerprint density at radius 3 is 2.58 bits per heavy atom. The fraction of sp³-hybridized carbons (Fsp3) is 0.625. The number of hydrogen-bond acceptors (Lipinski definition) is 4. The standard InChI is InChI=1S/C16H21FN4O3/c1-9(17)13-18-11-12(14(22)19-13)21(16(24)20(2)15(11)23)8-7-10-5-3-4-6-10/h9-10H,3-8H2,1-2H3,(H,18,19,22). The molecule has 8 heteroatoms. The molecule has 24 heavy (non-hydrogen) atoms. The maximum atomic E-state index is 13.5. The molecule has 1 N–H and O–H groups in total. The molecule has 7 nitrogen and oxygen atoms in total. The van der Waals surface area contributed by atoms with Crippen molar-refractivity contribution in [3.8, 4) is 0 Å². The van der Waals surface area contributed by atoms with Gasteiger partial charge in [-0.25, -0.2) is 14.2 Å². The van der Waals surface area contributed by atoms with E-state index < -0.39 is 23.0 Å². The van der Waals surface area contributed by atoms with Crippen LogP contribution >= 0.6 is 0 Å². The number of halogens is 1. The van der Waals surface area contributed by atoms with Gasteiger partial charge in [-0.15, -0.1) is 0 Å². The number of H-pyrrole nitrogens is 1. The van der Waals surface area contributed by atoms with Crippen molar-refractivity contribution in [1.82, 2.24) is 19.1 Å². The lowest BCUT2D eigenvalue weighted by Gasteiger charge is -2.14. The molecule has 2 aromatic rings. The molecule has 0 saturated heterocycles. The monoisotopic (exact) mass is 336 g/mol. The number of rotatable bonds is 4. The Hall–Kier alpha value is -2.25. The van der Waals surface area contributed by atoms with Gasteiger partial charge in [0.15, 0.2) is 11.7 Å². The van der Waals surface area contributed by atoms with Crippen LogP contribution in [0.15, 0.2) is 14.4 Å². The van der Waals surface area contributed by atoms with Crippen LogP contribution in [0.5, 0.6) is 0 Å². The summed E-state index contributed by atoms with van der Waals surface area (Å²) in [6.07, 6.45) is 3.88. The van der Waals surface area contributed by atoms with Crippen LogP contribution in [-0.4, -0.2) is 19.1 Å². The van der Waals surface area contributed by atoms with Gasteiger partial charge in [0.25, 0.3) is 11.1 Å². The normalized spacial score (nSPS) is 16.8. The number of nitrogens with one attached hydrogen (secondary N) is 1. The average molecular weight is 336 g/mol. The first kappa shape index (κ1) is 16.6. The highest BCUT2D eigenvalue weighted by atomic mass is 19.1. The van der Waals surface area contributed by atoms with Gasteiger partial charge in [0.2, 0.25) is 0 Å². The van der Waals surface area contributed by atoms with Crippen molar-refractivity contribution in [1.29, 1.82) is 0 Å². The second-order valence-corrected chi connectivity index (χ2v) is 6.50. The molecule has 0 radical (unpaired) electrons. The first-order valence-corrected chi connectivity index (χ1v) is 8.28. The molecule has 1 unspecified atom stereocenters. The highest BCUT2D eigenvalue weighted by Crippen LogP contribution is 2.27. The van der Waals surface area contributed by atoms with Crippen LogP contribution in [-0.2, 0) is 13.6 Å². The van der Waals surface area contributed by atoms with E-state index in [0.717, 1.165) is 23.8 Å². The van der Waals surface area contributed by atoms with Crippen LogP contribution < -0.4 is 16.8 Å². The van der Waals surface area contributed by atoms with Gasteiger partial charge >= 0.3 is 5.69 Å². The van der Waals surface area contributed by atoms with Crippen molar-refractivity contribution in [3.05, 3.63) is 37.0 Å². The summed E-state index contributed by atoms with van der Waals surface area (Å²) in [6.45, 7) is 1.58. The van der Waals surface area contributed by atoms with Gasteiger partial charge in [-0.05, 0) is 19.3 Å². The van der Waals surface area contributed by atoms with Crippen LogP contribution in [0.3, 0.4) is 0 Å². The number of aryl methyl sites for hydroxylation is 1. The third kappa shape index (κ3) is 2.81. The predicted octanol–water partition coefficient (Wildman–Crippen LogP) is 1.39. The fourth-order valence-corrected chi connectivity index (χ4v) is 3.41. The number of alkyl halides is 1. The summed E-state index contributed by atoms with van der Waals surface area (Å²) in [4.78, 5) is 43.4. The van der Waals surface area contributed by atoms with Crippen molar-refractivity contribution in [2.45, 2.75) is 51.7 Å². The summed E-state index contributed by atoms with van der Waals surface area (Å²) in [7, 11) is 1.34. The van der Waals surface area contributed by atoms with E-state index in [4.69, 9.17) is 0 Å². The third-order valence-corrected chi connectivity index (χ3v) is 4.82. The first-order valence-electron chi connectivity index (χ1n) is 8.28. The number of fused-ring (bicyclic) bond motifs is 1. The van der Waals surface area contributed by atoms with Crippen LogP contribution in [0.25, 0.3) is 11.0 Å². The minimum Gasteiger partial charge on any atom is -0.306 e. The zero-order chi connectivity index (χ0) is 17.4. The van der Waals surface area contributed by atoms with E-state index in [1.807, 2.05) is 0 Å². The number of aromatic nitrogens is 4. The second-order valence-electron chi connectivity index (χ2n) is 6.50. The van der Waals surface area contributed by atoms with Crippen molar-refractivity contribution < 1.29 is 4.39 Å². The van der Waals surface area contributed by atoms with E-state index >= 15 is 0 Å². The summed E-state index contributed by atoms with van der Waals surface area (Å²) >= 11 is 0. The van der Waals surface area contributed by atoms with E-state index in [9.17, 15) is 18.8 Å².